The molecular weight excluding hydrogens is 477 g/mol. The number of nitrogens with one attached hydrogen (secondary N) is 1. The smallest absolute Gasteiger partial charge is 0.272 e. The average Bonchev–Trinajstić information content (AvgIpc) is 2.96. The van der Waals surface area contributed by atoms with Gasteiger partial charge in [-0.2, -0.15) is 0 Å². The molecule has 2 fully saturated rings. The van der Waals surface area contributed by atoms with Crippen LogP contribution < -0.4 is 15.1 Å². The standard InChI is InChI=1S/C27H30FN5O2S/c1-16-10-18(12-31-21(16)29-6)32-23(35)27(14-25(2,3)13-26(4,5)15-27)33(24(32)36)17-8-9-19(20(28)11-17)22(34)30-7/h8-12H,13-15H2,1-5,7H3,(H,30,34). The third kappa shape index (κ3) is 4.13. The molecule has 2 aliphatic rings. The van der Waals surface area contributed by atoms with Gasteiger partial charge in [-0.3, -0.25) is 14.5 Å². The maximum absolute atomic E-state index is 15.1. The topological polar surface area (TPSA) is 69.9 Å². The maximum Gasteiger partial charge on any atom is 0.272 e. The van der Waals surface area contributed by atoms with Crippen molar-refractivity contribution in [3.63, 3.8) is 0 Å². The van der Waals surface area contributed by atoms with Crippen molar-refractivity contribution >= 4 is 46.3 Å². The third-order valence-electron chi connectivity index (χ3n) is 6.99. The molecule has 7 nitrogen and oxygen atoms in total. The van der Waals surface area contributed by atoms with E-state index in [-0.39, 0.29) is 33.2 Å². The molecule has 1 saturated carbocycles. The zero-order chi connectivity index (χ0) is 26.6. The van der Waals surface area contributed by atoms with E-state index in [2.05, 4.69) is 42.8 Å². The average molecular weight is 508 g/mol. The van der Waals surface area contributed by atoms with Crippen LogP contribution in [0.2, 0.25) is 0 Å². The summed E-state index contributed by atoms with van der Waals surface area (Å²) in [7, 11) is 1.44. The monoisotopic (exact) mass is 507 g/mol. The van der Waals surface area contributed by atoms with Crippen molar-refractivity contribution in [3.05, 3.63) is 58.8 Å². The van der Waals surface area contributed by atoms with Crippen molar-refractivity contribution in [2.45, 2.75) is 59.4 Å². The summed E-state index contributed by atoms with van der Waals surface area (Å²) in [6.45, 7) is 17.6. The Bertz CT molecular complexity index is 1310. The van der Waals surface area contributed by atoms with Crippen molar-refractivity contribution in [1.29, 1.82) is 0 Å². The van der Waals surface area contributed by atoms with Crippen LogP contribution in [0.5, 0.6) is 0 Å². The minimum Gasteiger partial charge on any atom is -0.360 e. The Kier molecular flexibility index (Phi) is 6.16. The van der Waals surface area contributed by atoms with E-state index >= 15 is 4.39 Å². The van der Waals surface area contributed by atoms with Crippen LogP contribution in [0.15, 0.2) is 30.5 Å². The predicted molar refractivity (Wildman–Crippen MR) is 142 cm³/mol. The Balaban J connectivity index is 1.92. The molecule has 1 N–H and O–H groups in total. The number of amides is 2. The van der Waals surface area contributed by atoms with E-state index in [9.17, 15) is 9.59 Å². The highest BCUT2D eigenvalue weighted by Gasteiger charge is 2.62. The molecule has 2 heterocycles. The first-order valence-corrected chi connectivity index (χ1v) is 12.2. The van der Waals surface area contributed by atoms with Crippen LogP contribution in [0.25, 0.3) is 4.85 Å². The van der Waals surface area contributed by atoms with Crippen LogP contribution in [0.3, 0.4) is 0 Å². The van der Waals surface area contributed by atoms with Crippen LogP contribution in [-0.2, 0) is 4.79 Å². The van der Waals surface area contributed by atoms with Crippen LogP contribution >= 0.6 is 12.2 Å². The number of halogens is 1. The first-order valence-electron chi connectivity index (χ1n) is 11.8. The Labute approximate surface area is 216 Å². The highest BCUT2D eigenvalue weighted by molar-refractivity contribution is 7.81. The SMILES string of the molecule is [C-]#[N+]c1ncc(N2C(=O)C3(CC(C)(C)CC(C)(C)C3)N(c3ccc(C(=O)NC)c(F)c3)C2=S)cc1C. The summed E-state index contributed by atoms with van der Waals surface area (Å²) in [5.74, 6) is -1.16. The van der Waals surface area contributed by atoms with E-state index in [1.165, 1.54) is 30.3 Å². The van der Waals surface area contributed by atoms with E-state index in [1.54, 1.807) is 24.0 Å². The number of carbonyl (C=O) groups is 2. The molecule has 188 valence electrons. The molecule has 4 rings (SSSR count). The fraction of sp³-hybridized carbons (Fsp3) is 0.444. The summed E-state index contributed by atoms with van der Waals surface area (Å²) >= 11 is 5.90. The number of thiocarbonyl (C=S) groups is 1. The normalized spacial score (nSPS) is 19.9. The van der Waals surface area contributed by atoms with Gasteiger partial charge in [0, 0.05) is 12.7 Å². The lowest BCUT2D eigenvalue weighted by atomic mass is 9.58. The molecule has 1 aliphatic heterocycles. The van der Waals surface area contributed by atoms with Gasteiger partial charge in [0.05, 0.1) is 11.3 Å². The van der Waals surface area contributed by atoms with Crippen LogP contribution in [0, 0.1) is 30.1 Å². The van der Waals surface area contributed by atoms with Gasteiger partial charge in [-0.15, -0.1) is 4.98 Å². The number of anilines is 2. The summed E-state index contributed by atoms with van der Waals surface area (Å²) < 4.78 is 15.1. The molecule has 1 saturated heterocycles. The largest absolute Gasteiger partial charge is 0.360 e. The van der Waals surface area contributed by atoms with Gasteiger partial charge in [0.2, 0.25) is 0 Å². The Hall–Kier alpha value is -3.38. The molecule has 0 bridgehead atoms. The van der Waals surface area contributed by atoms with Crippen molar-refractivity contribution in [1.82, 2.24) is 10.3 Å². The molecule has 1 aliphatic carbocycles. The van der Waals surface area contributed by atoms with Crippen molar-refractivity contribution in [2.75, 3.05) is 16.8 Å². The van der Waals surface area contributed by atoms with Crippen LogP contribution in [0.1, 0.15) is 62.9 Å². The number of carbonyl (C=O) groups excluding carboxylic acids is 2. The molecule has 2 amide bonds. The molecule has 1 aromatic heterocycles. The summed E-state index contributed by atoms with van der Waals surface area (Å²) in [4.78, 5) is 37.3. The Morgan fingerprint density at radius 2 is 1.78 bits per heavy atom. The van der Waals surface area contributed by atoms with Crippen LogP contribution in [-0.4, -0.2) is 34.5 Å². The zero-order valence-corrected chi connectivity index (χ0v) is 22.2. The second kappa shape index (κ2) is 8.63. The number of nitrogens with zero attached hydrogens (tertiary/aromatic N) is 4. The lowest BCUT2D eigenvalue weighted by Gasteiger charge is -2.52. The fourth-order valence-electron chi connectivity index (χ4n) is 6.39. The number of hydrogen-bond donors (Lipinski definition) is 1. The molecule has 2 aromatic rings. The first-order chi connectivity index (χ1) is 16.7. The fourth-order valence-corrected chi connectivity index (χ4v) is 6.86. The summed E-state index contributed by atoms with van der Waals surface area (Å²) in [6.07, 6.45) is 3.44. The number of hydrogen-bond acceptors (Lipinski definition) is 4. The zero-order valence-electron chi connectivity index (χ0n) is 21.4. The van der Waals surface area contributed by atoms with Gasteiger partial charge in [0.25, 0.3) is 17.6 Å². The molecule has 1 aromatic carbocycles. The molecule has 0 radical (unpaired) electrons. The minimum absolute atomic E-state index is 0.0811. The van der Waals surface area contributed by atoms with E-state index in [1.807, 2.05) is 0 Å². The van der Waals surface area contributed by atoms with Gasteiger partial charge >= 0.3 is 0 Å². The lowest BCUT2D eigenvalue weighted by molar-refractivity contribution is -0.126. The second-order valence-corrected chi connectivity index (χ2v) is 11.7. The number of aryl methyl sites for hydroxylation is 1. The Morgan fingerprint density at radius 3 is 2.31 bits per heavy atom. The molecule has 0 atom stereocenters. The van der Waals surface area contributed by atoms with Gasteiger partial charge in [-0.1, -0.05) is 34.3 Å². The first kappa shape index (κ1) is 25.7. The van der Waals surface area contributed by atoms with Crippen molar-refractivity contribution in [2.24, 2.45) is 10.8 Å². The maximum atomic E-state index is 15.1. The number of benzene rings is 1. The van der Waals surface area contributed by atoms with Crippen molar-refractivity contribution < 1.29 is 14.0 Å². The molecule has 36 heavy (non-hydrogen) atoms. The quantitative estimate of drug-likeness (QED) is 0.436. The van der Waals surface area contributed by atoms with E-state index in [0.717, 1.165) is 6.42 Å². The highest BCUT2D eigenvalue weighted by Crippen LogP contribution is 2.56. The van der Waals surface area contributed by atoms with Gasteiger partial charge < -0.3 is 15.1 Å². The lowest BCUT2D eigenvalue weighted by Crippen LogP contribution is -2.58. The van der Waals surface area contributed by atoms with Gasteiger partial charge in [-0.25, -0.2) is 4.39 Å². The number of pyridine rings is 1. The number of rotatable bonds is 3. The molecule has 0 unspecified atom stereocenters. The summed E-state index contributed by atoms with van der Waals surface area (Å²) in [6, 6.07) is 6.06. The van der Waals surface area contributed by atoms with Crippen molar-refractivity contribution in [3.8, 4) is 0 Å². The van der Waals surface area contributed by atoms with Crippen LogP contribution in [0.4, 0.5) is 21.6 Å². The molecule has 1 spiro atoms. The van der Waals surface area contributed by atoms with Gasteiger partial charge in [-0.05, 0) is 79.1 Å². The van der Waals surface area contributed by atoms with E-state index in [0.29, 0.717) is 29.8 Å². The minimum atomic E-state index is -1.05. The summed E-state index contributed by atoms with van der Waals surface area (Å²) in [5, 5.41) is 2.66. The summed E-state index contributed by atoms with van der Waals surface area (Å²) in [5.41, 5.74) is 0.0135. The Morgan fingerprint density at radius 1 is 1.14 bits per heavy atom. The molecule has 9 heteroatoms. The number of aromatic nitrogens is 1. The van der Waals surface area contributed by atoms with Gasteiger partial charge in [0.15, 0.2) is 5.11 Å². The predicted octanol–water partition coefficient (Wildman–Crippen LogP) is 5.55. The second-order valence-electron chi connectivity index (χ2n) is 11.3. The third-order valence-corrected chi connectivity index (χ3v) is 7.36. The van der Waals surface area contributed by atoms with E-state index in [4.69, 9.17) is 18.8 Å². The van der Waals surface area contributed by atoms with Gasteiger partial charge in [0.1, 0.15) is 17.6 Å². The van der Waals surface area contributed by atoms with E-state index < -0.39 is 17.3 Å². The molecular formula is C27H30FN5O2S. The highest BCUT2D eigenvalue weighted by atomic mass is 32.1.